The van der Waals surface area contributed by atoms with Crippen LogP contribution in [0.3, 0.4) is 0 Å². The number of nitrogens with one attached hydrogen (secondary N) is 1. The van der Waals surface area contributed by atoms with Crippen LogP contribution < -0.4 is 5.32 Å². The standard InChI is InChI=1S/C18H20N4O2S/c1-11-4-5-13(8-12(11)2)16-21-22-17(24-16)25-9-15(23)20-18(3,10-19)14-6-7-14/h4-5,8,14H,6-7,9H2,1-3H3,(H,20,23). The number of rotatable bonds is 6. The van der Waals surface area contributed by atoms with Gasteiger partial charge in [-0.2, -0.15) is 5.26 Å². The third-order valence-electron chi connectivity index (χ3n) is 4.51. The van der Waals surface area contributed by atoms with Gasteiger partial charge in [-0.3, -0.25) is 4.79 Å². The summed E-state index contributed by atoms with van der Waals surface area (Å²) in [5.41, 5.74) is 2.43. The van der Waals surface area contributed by atoms with Gasteiger partial charge in [0.1, 0.15) is 5.54 Å². The topological polar surface area (TPSA) is 91.8 Å². The Bertz CT molecular complexity index is 838. The molecule has 25 heavy (non-hydrogen) atoms. The molecule has 1 amide bonds. The van der Waals surface area contributed by atoms with Crippen molar-refractivity contribution in [3.8, 4) is 17.5 Å². The highest BCUT2D eigenvalue weighted by Gasteiger charge is 2.42. The zero-order chi connectivity index (χ0) is 18.0. The minimum Gasteiger partial charge on any atom is -0.411 e. The van der Waals surface area contributed by atoms with E-state index in [1.807, 2.05) is 32.0 Å². The average Bonchev–Trinajstić information content (AvgIpc) is 3.35. The molecule has 1 aliphatic carbocycles. The van der Waals surface area contributed by atoms with E-state index in [1.54, 1.807) is 6.92 Å². The molecular weight excluding hydrogens is 336 g/mol. The second-order valence-corrected chi connectivity index (χ2v) is 7.52. The highest BCUT2D eigenvalue weighted by molar-refractivity contribution is 7.99. The van der Waals surface area contributed by atoms with Crippen molar-refractivity contribution >= 4 is 17.7 Å². The second-order valence-electron chi connectivity index (χ2n) is 6.60. The predicted molar refractivity (Wildman–Crippen MR) is 94.8 cm³/mol. The molecule has 3 rings (SSSR count). The molecule has 130 valence electrons. The maximum absolute atomic E-state index is 12.1. The van der Waals surface area contributed by atoms with Crippen LogP contribution in [0.15, 0.2) is 27.8 Å². The van der Waals surface area contributed by atoms with Crippen LogP contribution >= 0.6 is 11.8 Å². The second kappa shape index (κ2) is 6.89. The van der Waals surface area contributed by atoms with Gasteiger partial charge in [0.2, 0.25) is 11.8 Å². The van der Waals surface area contributed by atoms with Crippen LogP contribution in [0.4, 0.5) is 0 Å². The van der Waals surface area contributed by atoms with Gasteiger partial charge in [0.15, 0.2) is 0 Å². The number of hydrogen-bond acceptors (Lipinski definition) is 6. The number of nitrogens with zero attached hydrogens (tertiary/aromatic N) is 3. The lowest BCUT2D eigenvalue weighted by atomic mass is 9.98. The fraction of sp³-hybridized carbons (Fsp3) is 0.444. The average molecular weight is 356 g/mol. The number of benzene rings is 1. The Morgan fingerprint density at radius 2 is 2.16 bits per heavy atom. The molecule has 7 heteroatoms. The highest BCUT2D eigenvalue weighted by atomic mass is 32.2. The largest absolute Gasteiger partial charge is 0.411 e. The van der Waals surface area contributed by atoms with Gasteiger partial charge in [-0.15, -0.1) is 10.2 Å². The Labute approximate surface area is 151 Å². The molecule has 0 aliphatic heterocycles. The van der Waals surface area contributed by atoms with Crippen LogP contribution in [-0.2, 0) is 4.79 Å². The van der Waals surface area contributed by atoms with Gasteiger partial charge < -0.3 is 9.73 Å². The Kier molecular flexibility index (Phi) is 4.82. The predicted octanol–water partition coefficient (Wildman–Crippen LogP) is 3.25. The summed E-state index contributed by atoms with van der Waals surface area (Å²) in [5, 5.41) is 20.5. The first-order valence-electron chi connectivity index (χ1n) is 8.17. The van der Waals surface area contributed by atoms with E-state index in [-0.39, 0.29) is 17.6 Å². The van der Waals surface area contributed by atoms with E-state index in [1.165, 1.54) is 17.3 Å². The first-order valence-corrected chi connectivity index (χ1v) is 9.16. The zero-order valence-corrected chi connectivity index (χ0v) is 15.3. The normalized spacial score (nSPS) is 16.1. The molecule has 1 fully saturated rings. The van der Waals surface area contributed by atoms with Crippen LogP contribution in [0.5, 0.6) is 0 Å². The minimum absolute atomic E-state index is 0.137. The van der Waals surface area contributed by atoms with Gasteiger partial charge in [0.25, 0.3) is 5.22 Å². The third kappa shape index (κ3) is 4.02. The van der Waals surface area contributed by atoms with E-state index in [2.05, 4.69) is 21.6 Å². The summed E-state index contributed by atoms with van der Waals surface area (Å²) in [6.45, 7) is 5.85. The lowest BCUT2D eigenvalue weighted by molar-refractivity contribution is -0.119. The van der Waals surface area contributed by atoms with E-state index in [9.17, 15) is 10.1 Å². The first kappa shape index (κ1) is 17.5. The maximum atomic E-state index is 12.1. The smallest absolute Gasteiger partial charge is 0.277 e. The molecule has 1 saturated carbocycles. The number of hydrogen-bond donors (Lipinski definition) is 1. The fourth-order valence-corrected chi connectivity index (χ4v) is 3.16. The number of thioether (sulfide) groups is 1. The molecule has 0 saturated heterocycles. The summed E-state index contributed by atoms with van der Waals surface area (Å²) < 4.78 is 5.63. The van der Waals surface area contributed by atoms with E-state index in [4.69, 9.17) is 4.42 Å². The van der Waals surface area contributed by atoms with Gasteiger partial charge in [-0.05, 0) is 62.8 Å². The summed E-state index contributed by atoms with van der Waals surface area (Å²) in [4.78, 5) is 12.1. The summed E-state index contributed by atoms with van der Waals surface area (Å²) in [6, 6.07) is 8.16. The number of nitriles is 1. The number of aryl methyl sites for hydroxylation is 2. The van der Waals surface area contributed by atoms with Crippen molar-refractivity contribution in [1.82, 2.24) is 15.5 Å². The fourth-order valence-electron chi connectivity index (χ4n) is 2.59. The van der Waals surface area contributed by atoms with Gasteiger partial charge in [0, 0.05) is 5.56 Å². The molecule has 1 heterocycles. The van der Waals surface area contributed by atoms with Gasteiger partial charge in [0.05, 0.1) is 11.8 Å². The molecule has 6 nitrogen and oxygen atoms in total. The Morgan fingerprint density at radius 3 is 2.80 bits per heavy atom. The van der Waals surface area contributed by atoms with Crippen LogP contribution in [0, 0.1) is 31.1 Å². The molecular formula is C18H20N4O2S. The summed E-state index contributed by atoms with van der Waals surface area (Å²) in [7, 11) is 0. The SMILES string of the molecule is Cc1ccc(-c2nnc(SCC(=O)NC(C)(C#N)C3CC3)o2)cc1C. The molecule has 2 aromatic rings. The Balaban J connectivity index is 1.59. The molecule has 1 aromatic heterocycles. The first-order chi connectivity index (χ1) is 11.9. The zero-order valence-electron chi connectivity index (χ0n) is 14.5. The van der Waals surface area contributed by atoms with Gasteiger partial charge >= 0.3 is 0 Å². The molecule has 1 N–H and O–H groups in total. The van der Waals surface area contributed by atoms with Gasteiger partial charge in [-0.25, -0.2) is 0 Å². The van der Waals surface area contributed by atoms with Crippen LogP contribution in [0.1, 0.15) is 30.9 Å². The van der Waals surface area contributed by atoms with E-state index in [0.717, 1.165) is 24.0 Å². The van der Waals surface area contributed by atoms with Crippen molar-refractivity contribution in [2.75, 3.05) is 5.75 Å². The lowest BCUT2D eigenvalue weighted by Crippen LogP contribution is -2.47. The number of aromatic nitrogens is 2. The van der Waals surface area contributed by atoms with Crippen molar-refractivity contribution in [2.45, 2.75) is 44.4 Å². The van der Waals surface area contributed by atoms with Crippen LogP contribution in [-0.4, -0.2) is 27.4 Å². The maximum Gasteiger partial charge on any atom is 0.277 e. The molecule has 0 spiro atoms. The van der Waals surface area contributed by atoms with Gasteiger partial charge in [-0.1, -0.05) is 17.8 Å². The molecule has 0 radical (unpaired) electrons. The van der Waals surface area contributed by atoms with E-state index in [0.29, 0.717) is 11.1 Å². The Hall–Kier alpha value is -2.33. The van der Waals surface area contributed by atoms with E-state index >= 15 is 0 Å². The number of carbonyl (C=O) groups excluding carboxylic acids is 1. The molecule has 0 bridgehead atoms. The molecule has 1 atom stereocenters. The third-order valence-corrected chi connectivity index (χ3v) is 5.33. The quantitative estimate of drug-likeness (QED) is 0.799. The van der Waals surface area contributed by atoms with Crippen molar-refractivity contribution in [3.05, 3.63) is 29.3 Å². The summed E-state index contributed by atoms with van der Waals surface area (Å²) >= 11 is 1.17. The molecule has 1 unspecified atom stereocenters. The highest BCUT2D eigenvalue weighted by Crippen LogP contribution is 2.39. The van der Waals surface area contributed by atoms with Crippen molar-refractivity contribution in [2.24, 2.45) is 5.92 Å². The van der Waals surface area contributed by atoms with Crippen LogP contribution in [0.25, 0.3) is 11.5 Å². The van der Waals surface area contributed by atoms with Crippen LogP contribution in [0.2, 0.25) is 0 Å². The molecule has 1 aliphatic rings. The van der Waals surface area contributed by atoms with Crippen molar-refractivity contribution < 1.29 is 9.21 Å². The number of amides is 1. The lowest BCUT2D eigenvalue weighted by Gasteiger charge is -2.22. The molecule has 1 aromatic carbocycles. The monoisotopic (exact) mass is 356 g/mol. The number of carbonyl (C=O) groups is 1. The minimum atomic E-state index is -0.781. The Morgan fingerprint density at radius 1 is 1.40 bits per heavy atom. The van der Waals surface area contributed by atoms with E-state index < -0.39 is 5.54 Å². The van der Waals surface area contributed by atoms with Crippen molar-refractivity contribution in [3.63, 3.8) is 0 Å². The summed E-state index contributed by atoms with van der Waals surface area (Å²) in [6.07, 6.45) is 1.97. The van der Waals surface area contributed by atoms with Crippen molar-refractivity contribution in [1.29, 1.82) is 5.26 Å². The summed E-state index contributed by atoms with van der Waals surface area (Å²) in [5.74, 6) is 0.627.